The standard InChI is InChI=1S/C16H16ClFN2O3S/c1-10(11-3-6-13(18)7-4-11)19-16(21)12-5-8-15(14(17)9-12)20-24(2,22)23/h3-10,20H,1-2H3,(H,19,21)/t10-/m0/s1. The molecule has 2 rings (SSSR count). The van der Waals surface area contributed by atoms with Gasteiger partial charge in [-0.25, -0.2) is 12.8 Å². The third-order valence-electron chi connectivity index (χ3n) is 3.24. The molecular formula is C16H16ClFN2O3S. The fourth-order valence-corrected chi connectivity index (χ4v) is 2.91. The minimum atomic E-state index is -3.46. The molecule has 0 heterocycles. The summed E-state index contributed by atoms with van der Waals surface area (Å²) in [4.78, 5) is 12.3. The first-order valence-corrected chi connectivity index (χ1v) is 9.26. The third-order valence-corrected chi connectivity index (χ3v) is 4.15. The second-order valence-electron chi connectivity index (χ2n) is 5.32. The largest absolute Gasteiger partial charge is 0.346 e. The molecule has 1 atom stereocenters. The molecule has 0 aliphatic carbocycles. The highest BCUT2D eigenvalue weighted by atomic mass is 35.5. The van der Waals surface area contributed by atoms with Crippen LogP contribution in [-0.2, 0) is 10.0 Å². The van der Waals surface area contributed by atoms with Crippen molar-refractivity contribution in [3.63, 3.8) is 0 Å². The van der Waals surface area contributed by atoms with E-state index in [1.807, 2.05) is 0 Å². The number of carbonyl (C=O) groups is 1. The zero-order valence-electron chi connectivity index (χ0n) is 13.0. The fourth-order valence-electron chi connectivity index (χ4n) is 2.05. The highest BCUT2D eigenvalue weighted by molar-refractivity contribution is 7.92. The van der Waals surface area contributed by atoms with Crippen LogP contribution in [0.15, 0.2) is 42.5 Å². The average Bonchev–Trinajstić information content (AvgIpc) is 2.48. The number of rotatable bonds is 5. The van der Waals surface area contributed by atoms with Crippen molar-refractivity contribution in [3.05, 3.63) is 64.4 Å². The highest BCUT2D eigenvalue weighted by Crippen LogP contribution is 2.24. The van der Waals surface area contributed by atoms with Crippen LogP contribution in [0.1, 0.15) is 28.9 Å². The number of hydrogen-bond acceptors (Lipinski definition) is 3. The van der Waals surface area contributed by atoms with Crippen molar-refractivity contribution in [2.45, 2.75) is 13.0 Å². The van der Waals surface area contributed by atoms with Crippen LogP contribution in [0.3, 0.4) is 0 Å². The lowest BCUT2D eigenvalue weighted by molar-refractivity contribution is 0.0940. The predicted octanol–water partition coefficient (Wildman–Crippen LogP) is 3.34. The van der Waals surface area contributed by atoms with Crippen molar-refractivity contribution >= 4 is 33.2 Å². The van der Waals surface area contributed by atoms with Gasteiger partial charge in [-0.1, -0.05) is 23.7 Å². The highest BCUT2D eigenvalue weighted by Gasteiger charge is 2.14. The molecule has 0 spiro atoms. The van der Waals surface area contributed by atoms with Gasteiger partial charge in [-0.05, 0) is 42.8 Å². The first-order chi connectivity index (χ1) is 11.2. The lowest BCUT2D eigenvalue weighted by Gasteiger charge is -2.15. The summed E-state index contributed by atoms with van der Waals surface area (Å²) >= 11 is 6.00. The summed E-state index contributed by atoms with van der Waals surface area (Å²) in [7, 11) is -3.46. The summed E-state index contributed by atoms with van der Waals surface area (Å²) in [5, 5.41) is 2.88. The van der Waals surface area contributed by atoms with Gasteiger partial charge >= 0.3 is 0 Å². The maximum absolute atomic E-state index is 12.9. The van der Waals surface area contributed by atoms with Crippen LogP contribution in [0, 0.1) is 5.82 Å². The van der Waals surface area contributed by atoms with Gasteiger partial charge in [0.2, 0.25) is 10.0 Å². The van der Waals surface area contributed by atoms with Gasteiger partial charge in [0.05, 0.1) is 23.0 Å². The summed E-state index contributed by atoms with van der Waals surface area (Å²) < 4.78 is 37.6. The molecule has 0 unspecified atom stereocenters. The van der Waals surface area contributed by atoms with Crippen LogP contribution in [0.4, 0.5) is 10.1 Å². The molecule has 8 heteroatoms. The van der Waals surface area contributed by atoms with E-state index in [1.54, 1.807) is 19.1 Å². The number of anilines is 1. The average molecular weight is 371 g/mol. The number of hydrogen-bond donors (Lipinski definition) is 2. The number of amides is 1. The van der Waals surface area contributed by atoms with E-state index in [-0.39, 0.29) is 34.0 Å². The van der Waals surface area contributed by atoms with Gasteiger partial charge in [0.15, 0.2) is 0 Å². The molecular weight excluding hydrogens is 355 g/mol. The third kappa shape index (κ3) is 4.94. The number of sulfonamides is 1. The zero-order valence-corrected chi connectivity index (χ0v) is 14.6. The molecule has 0 bridgehead atoms. The molecule has 0 saturated carbocycles. The Kier molecular flexibility index (Phi) is 5.46. The summed E-state index contributed by atoms with van der Waals surface area (Å²) in [6.45, 7) is 1.77. The van der Waals surface area contributed by atoms with E-state index in [4.69, 9.17) is 11.6 Å². The van der Waals surface area contributed by atoms with Crippen LogP contribution in [0.5, 0.6) is 0 Å². The summed E-state index contributed by atoms with van der Waals surface area (Å²) in [6.07, 6.45) is 1.01. The van der Waals surface area contributed by atoms with E-state index in [9.17, 15) is 17.6 Å². The first-order valence-electron chi connectivity index (χ1n) is 6.99. The molecule has 2 aromatic rings. The molecule has 24 heavy (non-hydrogen) atoms. The fraction of sp³-hybridized carbons (Fsp3) is 0.188. The maximum Gasteiger partial charge on any atom is 0.251 e. The molecule has 0 aliphatic rings. The van der Waals surface area contributed by atoms with Crippen LogP contribution in [-0.4, -0.2) is 20.6 Å². The molecule has 0 saturated heterocycles. The van der Waals surface area contributed by atoms with Gasteiger partial charge in [-0.3, -0.25) is 9.52 Å². The van der Waals surface area contributed by atoms with E-state index in [0.717, 1.165) is 11.8 Å². The monoisotopic (exact) mass is 370 g/mol. The lowest BCUT2D eigenvalue weighted by Crippen LogP contribution is -2.26. The van der Waals surface area contributed by atoms with Crippen molar-refractivity contribution in [3.8, 4) is 0 Å². The first kappa shape index (κ1) is 18.2. The van der Waals surface area contributed by atoms with Crippen molar-refractivity contribution in [1.82, 2.24) is 5.32 Å². The van der Waals surface area contributed by atoms with E-state index < -0.39 is 10.0 Å². The van der Waals surface area contributed by atoms with E-state index >= 15 is 0 Å². The van der Waals surface area contributed by atoms with Gasteiger partial charge in [0, 0.05) is 5.56 Å². The van der Waals surface area contributed by atoms with Crippen molar-refractivity contribution < 1.29 is 17.6 Å². The molecule has 0 aliphatic heterocycles. The Bertz CT molecular complexity index is 854. The quantitative estimate of drug-likeness (QED) is 0.847. The Balaban J connectivity index is 2.12. The second kappa shape index (κ2) is 7.19. The Labute approximate surface area is 144 Å². The molecule has 128 valence electrons. The molecule has 0 radical (unpaired) electrons. The minimum absolute atomic E-state index is 0.113. The molecule has 1 amide bonds. The Hall–Kier alpha value is -2.12. The molecule has 0 fully saturated rings. The van der Waals surface area contributed by atoms with Crippen molar-refractivity contribution in [2.24, 2.45) is 0 Å². The molecule has 2 N–H and O–H groups in total. The van der Waals surface area contributed by atoms with Crippen molar-refractivity contribution in [2.75, 3.05) is 11.0 Å². The van der Waals surface area contributed by atoms with Crippen molar-refractivity contribution in [1.29, 1.82) is 0 Å². The topological polar surface area (TPSA) is 75.3 Å². The predicted molar refractivity (Wildman–Crippen MR) is 92.2 cm³/mol. The lowest BCUT2D eigenvalue weighted by atomic mass is 10.1. The van der Waals surface area contributed by atoms with Crippen LogP contribution < -0.4 is 10.0 Å². The smallest absolute Gasteiger partial charge is 0.251 e. The van der Waals surface area contributed by atoms with Gasteiger partial charge in [0.25, 0.3) is 5.91 Å². The number of carbonyl (C=O) groups excluding carboxylic acids is 1. The zero-order chi connectivity index (χ0) is 17.9. The SMILES string of the molecule is C[C@H](NC(=O)c1ccc(NS(C)(=O)=O)c(Cl)c1)c1ccc(F)cc1. The van der Waals surface area contributed by atoms with Crippen LogP contribution >= 0.6 is 11.6 Å². The summed E-state index contributed by atoms with van der Waals surface area (Å²) in [5.74, 6) is -0.724. The second-order valence-corrected chi connectivity index (χ2v) is 7.47. The number of nitrogens with one attached hydrogen (secondary N) is 2. The van der Waals surface area contributed by atoms with Gasteiger partial charge in [0.1, 0.15) is 5.82 Å². The molecule has 0 aromatic heterocycles. The van der Waals surface area contributed by atoms with E-state index in [2.05, 4.69) is 10.0 Å². The maximum atomic E-state index is 12.9. The molecule has 5 nitrogen and oxygen atoms in total. The van der Waals surface area contributed by atoms with E-state index in [0.29, 0.717) is 0 Å². The normalized spacial score (nSPS) is 12.5. The summed E-state index contributed by atoms with van der Waals surface area (Å²) in [6, 6.07) is 9.75. The molecule has 2 aromatic carbocycles. The Morgan fingerprint density at radius 3 is 2.33 bits per heavy atom. The Morgan fingerprint density at radius 2 is 1.79 bits per heavy atom. The van der Waals surface area contributed by atoms with Gasteiger partial charge in [-0.15, -0.1) is 0 Å². The van der Waals surface area contributed by atoms with Crippen LogP contribution in [0.2, 0.25) is 5.02 Å². The van der Waals surface area contributed by atoms with E-state index in [1.165, 1.54) is 30.3 Å². The number of benzene rings is 2. The Morgan fingerprint density at radius 1 is 1.17 bits per heavy atom. The number of halogens is 2. The van der Waals surface area contributed by atoms with Gasteiger partial charge in [-0.2, -0.15) is 0 Å². The summed E-state index contributed by atoms with van der Waals surface area (Å²) in [5.41, 5.74) is 1.24. The van der Waals surface area contributed by atoms with Gasteiger partial charge < -0.3 is 5.32 Å². The minimum Gasteiger partial charge on any atom is -0.346 e. The van der Waals surface area contributed by atoms with Crippen LogP contribution in [0.25, 0.3) is 0 Å².